The molecule has 4 fully saturated rings. The molecule has 0 aliphatic carbocycles. The average molecular weight is 495 g/mol. The summed E-state index contributed by atoms with van der Waals surface area (Å²) in [5.41, 5.74) is 1.01. The standard InChI is InChI=1S/C27H34N4O3S/c32-23(9-5-4-8-22-25-21(18-35-22)28-26(34)29-25)31-17-14-27(19-31)12-15-30(16-13-27)24(33)11-10-20-6-2-1-3-7-20/h1-3,6-7,21-22,25H,4-5,8-9,12-19H2,(H2,28,29,34). The third-order valence-electron chi connectivity index (χ3n) is 8.06. The van der Waals surface area contributed by atoms with Crippen molar-refractivity contribution in [3.8, 4) is 11.8 Å². The van der Waals surface area contributed by atoms with Gasteiger partial charge in [0.2, 0.25) is 5.91 Å². The molecule has 4 aliphatic heterocycles. The van der Waals surface area contributed by atoms with E-state index in [4.69, 9.17) is 0 Å². The maximum Gasteiger partial charge on any atom is 0.315 e. The molecule has 7 nitrogen and oxygen atoms in total. The highest BCUT2D eigenvalue weighted by Crippen LogP contribution is 2.40. The molecular formula is C27H34N4O3S. The summed E-state index contributed by atoms with van der Waals surface area (Å²) in [5, 5.41) is 6.47. The lowest BCUT2D eigenvalue weighted by molar-refractivity contribution is -0.132. The van der Waals surface area contributed by atoms with E-state index >= 15 is 0 Å². The first-order valence-electron chi connectivity index (χ1n) is 12.8. The van der Waals surface area contributed by atoms with Crippen molar-refractivity contribution in [1.29, 1.82) is 0 Å². The van der Waals surface area contributed by atoms with Crippen molar-refractivity contribution in [2.75, 3.05) is 31.9 Å². The number of benzene rings is 1. The fourth-order valence-electron chi connectivity index (χ4n) is 5.89. The summed E-state index contributed by atoms with van der Waals surface area (Å²) < 4.78 is 0. The summed E-state index contributed by atoms with van der Waals surface area (Å²) in [6.07, 6.45) is 6.48. The summed E-state index contributed by atoms with van der Waals surface area (Å²) >= 11 is 1.93. The molecule has 5 rings (SSSR count). The number of rotatable bonds is 5. The van der Waals surface area contributed by atoms with Gasteiger partial charge in [-0.2, -0.15) is 11.8 Å². The molecule has 4 saturated heterocycles. The number of thioether (sulfide) groups is 1. The Morgan fingerprint density at radius 1 is 1.03 bits per heavy atom. The van der Waals surface area contributed by atoms with E-state index in [1.54, 1.807) is 0 Å². The Kier molecular flexibility index (Phi) is 7.24. The van der Waals surface area contributed by atoms with Crippen LogP contribution in [0.5, 0.6) is 0 Å². The molecule has 4 heterocycles. The number of fused-ring (bicyclic) bond motifs is 1. The molecule has 1 spiro atoms. The van der Waals surface area contributed by atoms with Crippen LogP contribution < -0.4 is 10.6 Å². The molecule has 8 heteroatoms. The van der Waals surface area contributed by atoms with Crippen molar-refractivity contribution in [1.82, 2.24) is 20.4 Å². The monoisotopic (exact) mass is 494 g/mol. The van der Waals surface area contributed by atoms with Crippen molar-refractivity contribution < 1.29 is 14.4 Å². The molecule has 1 aromatic rings. The summed E-state index contributed by atoms with van der Waals surface area (Å²) in [6, 6.07) is 10.1. The number of likely N-dealkylation sites (tertiary alicyclic amines) is 2. The van der Waals surface area contributed by atoms with Crippen molar-refractivity contribution >= 4 is 29.6 Å². The number of piperidine rings is 1. The highest BCUT2D eigenvalue weighted by Gasteiger charge is 2.43. The zero-order valence-electron chi connectivity index (χ0n) is 20.1. The number of hydrogen-bond acceptors (Lipinski definition) is 4. The minimum atomic E-state index is -0.102. The first kappa shape index (κ1) is 24.1. The van der Waals surface area contributed by atoms with Crippen LogP contribution in [0.1, 0.15) is 50.5 Å². The van der Waals surface area contributed by atoms with Gasteiger partial charge < -0.3 is 20.4 Å². The minimum Gasteiger partial charge on any atom is -0.342 e. The van der Waals surface area contributed by atoms with Crippen molar-refractivity contribution in [3.63, 3.8) is 0 Å². The summed E-state index contributed by atoms with van der Waals surface area (Å²) in [5.74, 6) is 6.89. The lowest BCUT2D eigenvalue weighted by Crippen LogP contribution is -2.44. The number of nitrogens with zero attached hydrogens (tertiary/aromatic N) is 2. The van der Waals surface area contributed by atoms with Crippen LogP contribution in [0.4, 0.5) is 4.79 Å². The number of nitrogens with one attached hydrogen (secondary N) is 2. The fourth-order valence-corrected chi connectivity index (χ4v) is 7.43. The van der Waals surface area contributed by atoms with Gasteiger partial charge in [0.05, 0.1) is 12.1 Å². The SMILES string of the molecule is O=C1NC2CSC(CCCCC(=O)N3CCC4(CCN(C(=O)C#Cc5ccccc5)CC4)C3)C2N1. The molecule has 186 valence electrons. The Balaban J connectivity index is 1.02. The second-order valence-electron chi connectivity index (χ2n) is 10.3. The second kappa shape index (κ2) is 10.5. The number of urea groups is 1. The first-order chi connectivity index (χ1) is 17.0. The van der Waals surface area contributed by atoms with E-state index in [9.17, 15) is 14.4 Å². The Labute approximate surface area is 211 Å². The van der Waals surface area contributed by atoms with Crippen LogP contribution in [0.3, 0.4) is 0 Å². The van der Waals surface area contributed by atoms with Crippen LogP contribution in [0.25, 0.3) is 0 Å². The van der Waals surface area contributed by atoms with Crippen LogP contribution in [0.15, 0.2) is 30.3 Å². The van der Waals surface area contributed by atoms with Gasteiger partial charge in [-0.05, 0) is 49.7 Å². The van der Waals surface area contributed by atoms with E-state index in [2.05, 4.69) is 22.5 Å². The van der Waals surface area contributed by atoms with Gasteiger partial charge in [0.25, 0.3) is 5.91 Å². The van der Waals surface area contributed by atoms with E-state index < -0.39 is 0 Å². The average Bonchev–Trinajstić information content (AvgIpc) is 3.56. The van der Waals surface area contributed by atoms with Crippen LogP contribution in [-0.4, -0.2) is 76.9 Å². The Morgan fingerprint density at radius 2 is 1.77 bits per heavy atom. The van der Waals surface area contributed by atoms with Crippen LogP contribution in [-0.2, 0) is 9.59 Å². The normalized spacial score (nSPS) is 26.6. The smallest absolute Gasteiger partial charge is 0.315 e. The molecule has 0 saturated carbocycles. The van der Waals surface area contributed by atoms with E-state index in [-0.39, 0.29) is 35.3 Å². The maximum atomic E-state index is 12.9. The molecular weight excluding hydrogens is 460 g/mol. The third-order valence-corrected chi connectivity index (χ3v) is 9.57. The van der Waals surface area contributed by atoms with Gasteiger partial charge in [-0.3, -0.25) is 9.59 Å². The highest BCUT2D eigenvalue weighted by molar-refractivity contribution is 8.00. The molecule has 0 aromatic heterocycles. The quantitative estimate of drug-likeness (QED) is 0.375. The van der Waals surface area contributed by atoms with E-state index in [1.165, 1.54) is 0 Å². The fraction of sp³-hybridized carbons (Fsp3) is 0.593. The number of carbonyl (C=O) groups excluding carboxylic acids is 3. The van der Waals surface area contributed by atoms with Crippen LogP contribution >= 0.6 is 11.8 Å². The lowest BCUT2D eigenvalue weighted by atomic mass is 9.78. The number of amides is 4. The lowest BCUT2D eigenvalue weighted by Gasteiger charge is -2.38. The molecule has 0 bridgehead atoms. The Morgan fingerprint density at radius 3 is 2.54 bits per heavy atom. The molecule has 3 unspecified atom stereocenters. The number of carbonyl (C=O) groups is 3. The second-order valence-corrected chi connectivity index (χ2v) is 11.6. The maximum absolute atomic E-state index is 12.9. The molecule has 35 heavy (non-hydrogen) atoms. The number of unbranched alkanes of at least 4 members (excludes halogenated alkanes) is 1. The summed E-state index contributed by atoms with van der Waals surface area (Å²) in [7, 11) is 0. The van der Waals surface area contributed by atoms with Crippen LogP contribution in [0, 0.1) is 17.3 Å². The Bertz CT molecular complexity index is 1010. The Hall–Kier alpha value is -2.66. The predicted molar refractivity (Wildman–Crippen MR) is 137 cm³/mol. The van der Waals surface area contributed by atoms with Crippen molar-refractivity contribution in [2.24, 2.45) is 5.41 Å². The zero-order valence-corrected chi connectivity index (χ0v) is 20.9. The predicted octanol–water partition coefficient (Wildman–Crippen LogP) is 2.61. The first-order valence-corrected chi connectivity index (χ1v) is 13.9. The number of hydrogen-bond donors (Lipinski definition) is 2. The minimum absolute atomic E-state index is 0.0428. The van der Waals surface area contributed by atoms with Crippen molar-refractivity contribution in [2.45, 2.75) is 62.3 Å². The molecule has 1 aromatic carbocycles. The molecule has 4 amide bonds. The van der Waals surface area contributed by atoms with Gasteiger partial charge in [0, 0.05) is 55.1 Å². The summed E-state index contributed by atoms with van der Waals surface area (Å²) in [4.78, 5) is 40.8. The van der Waals surface area contributed by atoms with Gasteiger partial charge in [-0.1, -0.05) is 30.5 Å². The zero-order chi connectivity index (χ0) is 24.3. The van der Waals surface area contributed by atoms with E-state index in [0.29, 0.717) is 11.7 Å². The van der Waals surface area contributed by atoms with Gasteiger partial charge in [0.15, 0.2) is 0 Å². The van der Waals surface area contributed by atoms with Gasteiger partial charge in [-0.25, -0.2) is 4.79 Å². The molecule has 0 radical (unpaired) electrons. The van der Waals surface area contributed by atoms with Gasteiger partial charge >= 0.3 is 6.03 Å². The van der Waals surface area contributed by atoms with Gasteiger partial charge in [-0.15, -0.1) is 0 Å². The van der Waals surface area contributed by atoms with E-state index in [0.717, 1.165) is 76.0 Å². The van der Waals surface area contributed by atoms with E-state index in [1.807, 2.05) is 51.9 Å². The molecule has 3 atom stereocenters. The topological polar surface area (TPSA) is 81.8 Å². The highest BCUT2D eigenvalue weighted by atomic mass is 32.2. The summed E-state index contributed by atoms with van der Waals surface area (Å²) in [6.45, 7) is 3.10. The van der Waals surface area contributed by atoms with Crippen LogP contribution in [0.2, 0.25) is 0 Å². The molecule has 2 N–H and O–H groups in total. The van der Waals surface area contributed by atoms with Gasteiger partial charge in [0.1, 0.15) is 0 Å². The third kappa shape index (κ3) is 5.61. The molecule has 4 aliphatic rings. The van der Waals surface area contributed by atoms with Crippen molar-refractivity contribution in [3.05, 3.63) is 35.9 Å². The largest absolute Gasteiger partial charge is 0.342 e.